The molecule has 0 radical (unpaired) electrons. The molecule has 19 heavy (non-hydrogen) atoms. The Morgan fingerprint density at radius 2 is 2.05 bits per heavy atom. The molecule has 102 valence electrons. The van der Waals surface area contributed by atoms with Gasteiger partial charge in [0.05, 0.1) is 0 Å². The summed E-state index contributed by atoms with van der Waals surface area (Å²) in [6, 6.07) is 3.04. The average molecular weight is 332 g/mol. The molecule has 0 saturated heterocycles. The molecule has 0 fully saturated rings. The highest BCUT2D eigenvalue weighted by Crippen LogP contribution is 2.33. The molecule has 1 aliphatic heterocycles. The van der Waals surface area contributed by atoms with Crippen LogP contribution in [0.25, 0.3) is 0 Å². The van der Waals surface area contributed by atoms with Gasteiger partial charge in [-0.2, -0.15) is 0 Å². The Hall–Kier alpha value is -1.30. The summed E-state index contributed by atoms with van der Waals surface area (Å²) in [5.41, 5.74) is 1.37. The predicted molar refractivity (Wildman–Crippen MR) is 70.8 cm³/mol. The number of alkyl halides is 2. The highest BCUT2D eigenvalue weighted by Gasteiger charge is 2.26. The van der Waals surface area contributed by atoms with E-state index in [1.54, 1.807) is 6.07 Å². The zero-order chi connectivity index (χ0) is 14.2. The molecule has 2 rings (SSSR count). The maximum Gasteiger partial charge on any atom is 0.300 e. The minimum Gasteiger partial charge on any atom is -0.312 e. The van der Waals surface area contributed by atoms with Gasteiger partial charge in [-0.15, -0.1) is 0 Å². The molecular weight excluding hydrogens is 320 g/mol. The Balaban J connectivity index is 2.53. The number of Topliss-reactive ketones (excluding diaryl/α,β-unsaturated/α-hetero) is 1. The molecule has 1 aromatic rings. The maximum absolute atomic E-state index is 12.5. The molecule has 3 nitrogen and oxygen atoms in total. The summed E-state index contributed by atoms with van der Waals surface area (Å²) in [4.78, 5) is 24.5. The van der Waals surface area contributed by atoms with E-state index < -0.39 is 12.2 Å². The number of hydrogen-bond acceptors (Lipinski definition) is 2. The molecule has 1 heterocycles. The molecule has 0 spiro atoms. The lowest BCUT2D eigenvalue weighted by Crippen LogP contribution is -2.33. The number of benzene rings is 1. The fraction of sp³-hybridized carbons (Fsp3) is 0.385. The number of amides is 1. The van der Waals surface area contributed by atoms with Gasteiger partial charge in [-0.05, 0) is 30.5 Å². The van der Waals surface area contributed by atoms with Crippen LogP contribution in [0.5, 0.6) is 0 Å². The van der Waals surface area contributed by atoms with Crippen LogP contribution >= 0.6 is 15.9 Å². The number of fused-ring (bicyclic) bond motifs is 1. The third kappa shape index (κ3) is 2.68. The number of aryl methyl sites for hydroxylation is 1. The standard InChI is InChI=1S/C13H12BrF2NO2/c1-7(18)17-4-2-3-8-5-10(14)9(6-11(8)17)12(19)13(15)16/h5-6,13H,2-4H2,1H3. The second-order valence-corrected chi connectivity index (χ2v) is 5.25. The molecule has 6 heteroatoms. The molecule has 0 saturated carbocycles. The monoisotopic (exact) mass is 331 g/mol. The number of rotatable bonds is 2. The molecule has 0 atom stereocenters. The van der Waals surface area contributed by atoms with Gasteiger partial charge < -0.3 is 4.90 Å². The van der Waals surface area contributed by atoms with Gasteiger partial charge in [0.25, 0.3) is 0 Å². The predicted octanol–water partition coefficient (Wildman–Crippen LogP) is 3.20. The van der Waals surface area contributed by atoms with Crippen LogP contribution in [0.2, 0.25) is 0 Å². The van der Waals surface area contributed by atoms with E-state index in [1.807, 2.05) is 0 Å². The van der Waals surface area contributed by atoms with Gasteiger partial charge >= 0.3 is 6.43 Å². The van der Waals surface area contributed by atoms with Crippen LogP contribution in [0, 0.1) is 0 Å². The minimum absolute atomic E-state index is 0.0816. The van der Waals surface area contributed by atoms with Gasteiger partial charge in [0, 0.05) is 29.2 Å². The first-order valence-electron chi connectivity index (χ1n) is 5.84. The lowest BCUT2D eigenvalue weighted by molar-refractivity contribution is -0.116. The van der Waals surface area contributed by atoms with Crippen molar-refractivity contribution >= 4 is 33.3 Å². The summed E-state index contributed by atoms with van der Waals surface area (Å²) < 4.78 is 25.4. The number of carbonyl (C=O) groups is 2. The van der Waals surface area contributed by atoms with Crippen molar-refractivity contribution in [3.63, 3.8) is 0 Å². The van der Waals surface area contributed by atoms with Crippen LogP contribution in [0.3, 0.4) is 0 Å². The van der Waals surface area contributed by atoms with E-state index in [2.05, 4.69) is 15.9 Å². The van der Waals surface area contributed by atoms with Crippen molar-refractivity contribution in [1.82, 2.24) is 0 Å². The van der Waals surface area contributed by atoms with E-state index in [0.717, 1.165) is 18.4 Å². The van der Waals surface area contributed by atoms with Gasteiger partial charge in [-0.3, -0.25) is 9.59 Å². The zero-order valence-corrected chi connectivity index (χ0v) is 11.8. The highest BCUT2D eigenvalue weighted by molar-refractivity contribution is 9.10. The Morgan fingerprint density at radius 1 is 1.37 bits per heavy atom. The quantitative estimate of drug-likeness (QED) is 0.780. The van der Waals surface area contributed by atoms with Gasteiger partial charge in [-0.25, -0.2) is 8.78 Å². The summed E-state index contributed by atoms with van der Waals surface area (Å²) in [5, 5.41) is 0. The molecule has 0 N–H and O–H groups in total. The summed E-state index contributed by atoms with van der Waals surface area (Å²) in [6.45, 7) is 1.97. The third-order valence-corrected chi connectivity index (χ3v) is 3.79. The van der Waals surface area contributed by atoms with E-state index in [4.69, 9.17) is 0 Å². The fourth-order valence-electron chi connectivity index (χ4n) is 2.24. The Labute approximate surface area is 117 Å². The number of carbonyl (C=O) groups excluding carboxylic acids is 2. The van der Waals surface area contributed by atoms with E-state index in [1.165, 1.54) is 17.9 Å². The summed E-state index contributed by atoms with van der Waals surface area (Å²) in [6.07, 6.45) is -1.47. The van der Waals surface area contributed by atoms with Gasteiger partial charge in [0.2, 0.25) is 11.7 Å². The second kappa shape index (κ2) is 5.36. The van der Waals surface area contributed by atoms with Crippen molar-refractivity contribution in [3.05, 3.63) is 27.7 Å². The van der Waals surface area contributed by atoms with E-state index in [-0.39, 0.29) is 11.5 Å². The minimum atomic E-state index is -3.05. The maximum atomic E-state index is 12.5. The van der Waals surface area contributed by atoms with Crippen molar-refractivity contribution in [2.24, 2.45) is 0 Å². The molecule has 1 aromatic carbocycles. The molecule has 0 aliphatic carbocycles. The Morgan fingerprint density at radius 3 is 2.63 bits per heavy atom. The van der Waals surface area contributed by atoms with E-state index in [9.17, 15) is 18.4 Å². The third-order valence-electron chi connectivity index (χ3n) is 3.13. The molecule has 0 bridgehead atoms. The fourth-order valence-corrected chi connectivity index (χ4v) is 2.82. The smallest absolute Gasteiger partial charge is 0.300 e. The van der Waals surface area contributed by atoms with Crippen LogP contribution in [-0.2, 0) is 11.2 Å². The molecular formula is C13H12BrF2NO2. The topological polar surface area (TPSA) is 37.4 Å². The number of halogens is 3. The molecule has 0 unspecified atom stereocenters. The van der Waals surface area contributed by atoms with Crippen LogP contribution in [0.4, 0.5) is 14.5 Å². The first-order chi connectivity index (χ1) is 8.91. The Kier molecular flexibility index (Phi) is 3.99. The van der Waals surface area contributed by atoms with Gasteiger partial charge in [-0.1, -0.05) is 15.9 Å². The zero-order valence-electron chi connectivity index (χ0n) is 10.3. The first kappa shape index (κ1) is 14.1. The number of nitrogens with zero attached hydrogens (tertiary/aromatic N) is 1. The van der Waals surface area contributed by atoms with E-state index >= 15 is 0 Å². The SMILES string of the molecule is CC(=O)N1CCCc2cc(Br)c(C(=O)C(F)F)cc21. The van der Waals surface area contributed by atoms with Crippen LogP contribution in [0.1, 0.15) is 29.3 Å². The van der Waals surface area contributed by atoms with Gasteiger partial charge in [0.1, 0.15) is 0 Å². The summed E-state index contributed by atoms with van der Waals surface area (Å²) >= 11 is 3.14. The van der Waals surface area contributed by atoms with Crippen LogP contribution < -0.4 is 4.90 Å². The Bertz CT molecular complexity index is 546. The van der Waals surface area contributed by atoms with Crippen LogP contribution in [0.15, 0.2) is 16.6 Å². The van der Waals surface area contributed by atoms with Crippen LogP contribution in [-0.4, -0.2) is 24.7 Å². The molecule has 1 amide bonds. The number of hydrogen-bond donors (Lipinski definition) is 0. The van der Waals surface area contributed by atoms with Crippen molar-refractivity contribution in [1.29, 1.82) is 0 Å². The highest BCUT2D eigenvalue weighted by atomic mass is 79.9. The first-order valence-corrected chi connectivity index (χ1v) is 6.64. The number of ketones is 1. The summed E-state index contributed by atoms with van der Waals surface area (Å²) in [7, 11) is 0. The lowest BCUT2D eigenvalue weighted by Gasteiger charge is -2.29. The van der Waals surface area contributed by atoms with Crippen molar-refractivity contribution < 1.29 is 18.4 Å². The van der Waals surface area contributed by atoms with Crippen molar-refractivity contribution in [2.45, 2.75) is 26.2 Å². The van der Waals surface area contributed by atoms with Crippen molar-refractivity contribution in [3.8, 4) is 0 Å². The molecule has 0 aromatic heterocycles. The summed E-state index contributed by atoms with van der Waals surface area (Å²) in [5.74, 6) is -1.39. The number of anilines is 1. The lowest BCUT2D eigenvalue weighted by atomic mass is 9.98. The molecule has 1 aliphatic rings. The van der Waals surface area contributed by atoms with Crippen molar-refractivity contribution in [2.75, 3.05) is 11.4 Å². The van der Waals surface area contributed by atoms with Gasteiger partial charge in [0.15, 0.2) is 0 Å². The van der Waals surface area contributed by atoms with E-state index in [0.29, 0.717) is 16.7 Å². The largest absolute Gasteiger partial charge is 0.312 e. The second-order valence-electron chi connectivity index (χ2n) is 4.40. The average Bonchev–Trinajstić information content (AvgIpc) is 2.35. The normalized spacial score (nSPS) is 14.5.